The first-order valence-electron chi connectivity index (χ1n) is 8.98. The number of benzene rings is 1. The molecule has 0 radical (unpaired) electrons. The second-order valence-electron chi connectivity index (χ2n) is 6.34. The maximum Gasteiger partial charge on any atom is 0.226 e. The van der Waals surface area contributed by atoms with Crippen LogP contribution >= 0.6 is 0 Å². The Morgan fingerprint density at radius 1 is 1.08 bits per heavy atom. The van der Waals surface area contributed by atoms with Gasteiger partial charge in [-0.05, 0) is 13.3 Å². The lowest BCUT2D eigenvalue weighted by Crippen LogP contribution is -2.26. The number of hydrogen-bond donors (Lipinski definition) is 1. The Morgan fingerprint density at radius 3 is 2.54 bits per heavy atom. The Bertz CT molecular complexity index is 617. The molecule has 0 atom stereocenters. The average molecular weight is 328 g/mol. The largest absolute Gasteiger partial charge is 0.356 e. The Labute approximate surface area is 144 Å². The van der Waals surface area contributed by atoms with Gasteiger partial charge in [0.05, 0.1) is 12.1 Å². The number of amides is 1. The van der Waals surface area contributed by atoms with Gasteiger partial charge in [0, 0.05) is 18.2 Å². The van der Waals surface area contributed by atoms with Gasteiger partial charge >= 0.3 is 0 Å². The van der Waals surface area contributed by atoms with Crippen LogP contribution in [0.25, 0.3) is 11.3 Å². The summed E-state index contributed by atoms with van der Waals surface area (Å²) in [6.45, 7) is 5.01. The molecule has 24 heavy (non-hydrogen) atoms. The maximum atomic E-state index is 11.9. The van der Waals surface area contributed by atoms with Crippen molar-refractivity contribution >= 4 is 5.91 Å². The number of aromatic nitrogens is 1. The molecule has 0 saturated heterocycles. The van der Waals surface area contributed by atoms with Gasteiger partial charge in [-0.2, -0.15) is 0 Å². The fourth-order valence-corrected chi connectivity index (χ4v) is 2.61. The van der Waals surface area contributed by atoms with Crippen LogP contribution in [0.4, 0.5) is 0 Å². The van der Waals surface area contributed by atoms with Crippen LogP contribution < -0.4 is 5.32 Å². The van der Waals surface area contributed by atoms with Crippen molar-refractivity contribution in [3.05, 3.63) is 41.6 Å². The summed E-state index contributed by atoms with van der Waals surface area (Å²) < 4.78 is 5.34. The first-order chi connectivity index (χ1) is 11.7. The molecule has 1 N–H and O–H groups in total. The molecule has 1 aromatic carbocycles. The molecular formula is C20H28N2O2. The normalized spacial score (nSPS) is 10.8. The van der Waals surface area contributed by atoms with Crippen LogP contribution in [0, 0.1) is 6.92 Å². The van der Waals surface area contributed by atoms with Gasteiger partial charge in [0.2, 0.25) is 5.91 Å². The molecule has 0 saturated carbocycles. The molecule has 0 bridgehead atoms. The zero-order chi connectivity index (χ0) is 17.2. The summed E-state index contributed by atoms with van der Waals surface area (Å²) >= 11 is 0. The van der Waals surface area contributed by atoms with E-state index in [1.807, 2.05) is 37.3 Å². The Balaban J connectivity index is 1.70. The van der Waals surface area contributed by atoms with E-state index in [9.17, 15) is 4.79 Å². The van der Waals surface area contributed by atoms with Crippen LogP contribution in [0.1, 0.15) is 56.7 Å². The Morgan fingerprint density at radius 2 is 1.79 bits per heavy atom. The molecule has 4 nitrogen and oxygen atoms in total. The van der Waals surface area contributed by atoms with Gasteiger partial charge in [0.25, 0.3) is 0 Å². The topological polar surface area (TPSA) is 55.1 Å². The second kappa shape index (κ2) is 9.91. The first-order valence-corrected chi connectivity index (χ1v) is 8.98. The second-order valence-corrected chi connectivity index (χ2v) is 6.34. The predicted octanol–water partition coefficient (Wildman–Crippen LogP) is 4.67. The van der Waals surface area contributed by atoms with E-state index in [0.717, 1.165) is 18.5 Å². The molecule has 2 aromatic rings. The number of nitrogens with one attached hydrogen (secondary N) is 1. The molecule has 1 amide bonds. The number of hydrogen-bond acceptors (Lipinski definition) is 3. The van der Waals surface area contributed by atoms with Crippen LogP contribution in [0.15, 0.2) is 34.9 Å². The zero-order valence-corrected chi connectivity index (χ0v) is 14.8. The molecule has 0 aliphatic carbocycles. The third-order valence-electron chi connectivity index (χ3n) is 4.09. The fraction of sp³-hybridized carbons (Fsp3) is 0.500. The summed E-state index contributed by atoms with van der Waals surface area (Å²) in [5.41, 5.74) is 2.85. The average Bonchev–Trinajstić information content (AvgIpc) is 3.03. The summed E-state index contributed by atoms with van der Waals surface area (Å²) in [4.78, 5) is 11.9. The molecule has 0 unspecified atom stereocenters. The fourth-order valence-electron chi connectivity index (χ4n) is 2.61. The highest BCUT2D eigenvalue weighted by molar-refractivity contribution is 5.78. The van der Waals surface area contributed by atoms with E-state index < -0.39 is 0 Å². The van der Waals surface area contributed by atoms with E-state index in [1.54, 1.807) is 0 Å². The molecule has 0 fully saturated rings. The lowest BCUT2D eigenvalue weighted by atomic mass is 10.1. The van der Waals surface area contributed by atoms with Crippen molar-refractivity contribution in [3.8, 4) is 11.3 Å². The van der Waals surface area contributed by atoms with Crippen molar-refractivity contribution in [1.29, 1.82) is 0 Å². The molecule has 4 heteroatoms. The van der Waals surface area contributed by atoms with E-state index in [0.29, 0.717) is 11.5 Å². The third kappa shape index (κ3) is 6.19. The third-order valence-corrected chi connectivity index (χ3v) is 4.09. The number of carbonyl (C=O) groups is 1. The van der Waals surface area contributed by atoms with Gasteiger partial charge in [0.1, 0.15) is 0 Å². The number of unbranched alkanes of at least 4 members (excludes halogenated alkanes) is 5. The molecule has 2 rings (SSSR count). The standard InChI is InChI=1S/C20H28N2O2/c1-3-4-5-6-7-8-13-21-20(23)15-18-14-19(24-22-18)17-11-9-16(2)10-12-17/h9-12,14H,3-8,13,15H2,1-2H3,(H,21,23). The SMILES string of the molecule is CCCCCCCCNC(=O)Cc1cc(-c2ccc(C)cc2)on1. The van der Waals surface area contributed by atoms with Crippen molar-refractivity contribution in [1.82, 2.24) is 10.5 Å². The zero-order valence-electron chi connectivity index (χ0n) is 14.8. The lowest BCUT2D eigenvalue weighted by molar-refractivity contribution is -0.120. The van der Waals surface area contributed by atoms with Crippen LogP contribution in [0.5, 0.6) is 0 Å². The van der Waals surface area contributed by atoms with Crippen LogP contribution in [0.3, 0.4) is 0 Å². The predicted molar refractivity (Wildman–Crippen MR) is 96.8 cm³/mol. The maximum absolute atomic E-state index is 11.9. The number of nitrogens with zero attached hydrogens (tertiary/aromatic N) is 1. The van der Waals surface area contributed by atoms with Crippen molar-refractivity contribution in [2.45, 2.75) is 58.8 Å². The summed E-state index contributed by atoms with van der Waals surface area (Å²) in [7, 11) is 0. The lowest BCUT2D eigenvalue weighted by Gasteiger charge is -2.03. The minimum atomic E-state index is 0.00677. The molecule has 1 aromatic heterocycles. The first kappa shape index (κ1) is 18.2. The smallest absolute Gasteiger partial charge is 0.226 e. The van der Waals surface area contributed by atoms with Crippen molar-refractivity contribution in [2.75, 3.05) is 6.54 Å². The van der Waals surface area contributed by atoms with E-state index in [4.69, 9.17) is 4.52 Å². The van der Waals surface area contributed by atoms with E-state index in [2.05, 4.69) is 17.4 Å². The van der Waals surface area contributed by atoms with Gasteiger partial charge in [0.15, 0.2) is 5.76 Å². The van der Waals surface area contributed by atoms with E-state index >= 15 is 0 Å². The molecule has 0 aliphatic rings. The van der Waals surface area contributed by atoms with Crippen LogP contribution in [0.2, 0.25) is 0 Å². The van der Waals surface area contributed by atoms with Gasteiger partial charge in [-0.25, -0.2) is 0 Å². The monoisotopic (exact) mass is 328 g/mol. The quantitative estimate of drug-likeness (QED) is 0.645. The Hall–Kier alpha value is -2.10. The van der Waals surface area contributed by atoms with Gasteiger partial charge in [-0.15, -0.1) is 0 Å². The van der Waals surface area contributed by atoms with Gasteiger partial charge < -0.3 is 9.84 Å². The summed E-state index contributed by atoms with van der Waals surface area (Å²) in [6.07, 6.45) is 7.62. The van der Waals surface area contributed by atoms with Crippen LogP contribution in [-0.2, 0) is 11.2 Å². The van der Waals surface area contributed by atoms with Crippen LogP contribution in [-0.4, -0.2) is 17.6 Å². The van der Waals surface area contributed by atoms with Crippen molar-refractivity contribution in [3.63, 3.8) is 0 Å². The van der Waals surface area contributed by atoms with Gasteiger partial charge in [-0.1, -0.05) is 74.0 Å². The van der Waals surface area contributed by atoms with Gasteiger partial charge in [-0.3, -0.25) is 4.79 Å². The minimum Gasteiger partial charge on any atom is -0.356 e. The number of aryl methyl sites for hydroxylation is 1. The van der Waals surface area contributed by atoms with E-state index in [1.165, 1.54) is 37.7 Å². The number of rotatable bonds is 10. The molecule has 0 aliphatic heterocycles. The molecule has 1 heterocycles. The Kier molecular flexibility index (Phi) is 7.53. The number of carbonyl (C=O) groups excluding carboxylic acids is 1. The molecular weight excluding hydrogens is 300 g/mol. The summed E-state index contributed by atoms with van der Waals surface area (Å²) in [5, 5.41) is 6.96. The molecule has 130 valence electrons. The highest BCUT2D eigenvalue weighted by atomic mass is 16.5. The minimum absolute atomic E-state index is 0.00677. The summed E-state index contributed by atoms with van der Waals surface area (Å²) in [5.74, 6) is 0.709. The highest BCUT2D eigenvalue weighted by Gasteiger charge is 2.10. The van der Waals surface area contributed by atoms with Crippen molar-refractivity contribution in [2.24, 2.45) is 0 Å². The molecule has 0 spiro atoms. The highest BCUT2D eigenvalue weighted by Crippen LogP contribution is 2.20. The summed E-state index contributed by atoms with van der Waals surface area (Å²) in [6, 6.07) is 9.90. The van der Waals surface area contributed by atoms with E-state index in [-0.39, 0.29) is 12.3 Å². The van der Waals surface area contributed by atoms with Crippen molar-refractivity contribution < 1.29 is 9.32 Å².